The molecule has 10 heteroatoms. The van der Waals surface area contributed by atoms with Crippen molar-refractivity contribution in [2.45, 2.75) is 20.4 Å². The summed E-state index contributed by atoms with van der Waals surface area (Å²) in [4.78, 5) is 47.9. The maximum atomic E-state index is 11.9. The first kappa shape index (κ1) is 17.2. The summed E-state index contributed by atoms with van der Waals surface area (Å²) in [7, 11) is 1.75. The summed E-state index contributed by atoms with van der Waals surface area (Å²) in [6.07, 6.45) is 1.17. The van der Waals surface area contributed by atoms with E-state index in [0.29, 0.717) is 11.4 Å². The molecule has 128 valence electrons. The molecule has 2 rings (SSSR count). The number of hydrogen-bond donors (Lipinski definition) is 2. The van der Waals surface area contributed by atoms with E-state index in [-0.39, 0.29) is 0 Å². The van der Waals surface area contributed by atoms with Crippen LogP contribution >= 0.6 is 0 Å². The highest BCUT2D eigenvalue weighted by atomic mass is 16.5. The van der Waals surface area contributed by atoms with Crippen LogP contribution in [0.5, 0.6) is 0 Å². The van der Waals surface area contributed by atoms with Gasteiger partial charge in [0.05, 0.1) is 17.1 Å². The van der Waals surface area contributed by atoms with Crippen molar-refractivity contribution >= 4 is 17.6 Å². The number of aromatic nitrogens is 4. The number of anilines is 1. The number of amides is 1. The smallest absolute Gasteiger partial charge is 0.328 e. The second kappa shape index (κ2) is 6.94. The van der Waals surface area contributed by atoms with Gasteiger partial charge in [0.25, 0.3) is 11.5 Å². The topological polar surface area (TPSA) is 128 Å². The molecule has 0 unspecified atom stereocenters. The number of aromatic amines is 1. The van der Waals surface area contributed by atoms with E-state index in [1.807, 2.05) is 4.98 Å². The van der Waals surface area contributed by atoms with Crippen molar-refractivity contribution in [2.24, 2.45) is 7.05 Å². The van der Waals surface area contributed by atoms with Crippen molar-refractivity contribution in [3.8, 4) is 0 Å². The Kier molecular flexibility index (Phi) is 4.97. The van der Waals surface area contributed by atoms with E-state index in [4.69, 9.17) is 4.74 Å². The Bertz CT molecular complexity index is 892. The molecule has 10 nitrogen and oxygen atoms in total. The van der Waals surface area contributed by atoms with Crippen molar-refractivity contribution in [1.82, 2.24) is 19.3 Å². The summed E-state index contributed by atoms with van der Waals surface area (Å²) in [5.41, 5.74) is 0.688. The maximum Gasteiger partial charge on any atom is 0.328 e. The van der Waals surface area contributed by atoms with Gasteiger partial charge in [-0.1, -0.05) is 0 Å². The molecule has 2 aromatic heterocycles. The fourth-order valence-corrected chi connectivity index (χ4v) is 2.03. The van der Waals surface area contributed by atoms with Crippen LogP contribution in [0.3, 0.4) is 0 Å². The van der Waals surface area contributed by atoms with Crippen LogP contribution in [0.2, 0.25) is 0 Å². The lowest BCUT2D eigenvalue weighted by Crippen LogP contribution is -2.32. The van der Waals surface area contributed by atoms with Crippen LogP contribution in [0.4, 0.5) is 5.69 Å². The molecule has 0 saturated carbocycles. The molecule has 0 saturated heterocycles. The minimum Gasteiger partial charge on any atom is -0.454 e. The molecule has 0 aliphatic carbocycles. The Morgan fingerprint density at radius 3 is 2.62 bits per heavy atom. The zero-order chi connectivity index (χ0) is 17.9. The number of carbonyl (C=O) groups excluding carboxylic acids is 2. The molecule has 2 N–H and O–H groups in total. The molecule has 0 aliphatic heterocycles. The highest BCUT2D eigenvalue weighted by molar-refractivity contribution is 5.93. The molecule has 24 heavy (non-hydrogen) atoms. The largest absolute Gasteiger partial charge is 0.454 e. The van der Waals surface area contributed by atoms with Crippen molar-refractivity contribution in [3.63, 3.8) is 0 Å². The molecular formula is C14H17N5O5. The van der Waals surface area contributed by atoms with Gasteiger partial charge < -0.3 is 10.1 Å². The second-order valence-electron chi connectivity index (χ2n) is 5.12. The van der Waals surface area contributed by atoms with Crippen LogP contribution in [0, 0.1) is 13.8 Å². The summed E-state index contributed by atoms with van der Waals surface area (Å²) in [5.74, 6) is -1.30. The van der Waals surface area contributed by atoms with E-state index in [0.717, 1.165) is 16.3 Å². The third-order valence-electron chi connectivity index (χ3n) is 3.33. The van der Waals surface area contributed by atoms with Crippen LogP contribution < -0.4 is 16.6 Å². The molecule has 0 aliphatic rings. The lowest BCUT2D eigenvalue weighted by molar-refractivity contribution is -0.148. The number of nitrogens with zero attached hydrogens (tertiary/aromatic N) is 3. The van der Waals surface area contributed by atoms with Crippen LogP contribution in [0.15, 0.2) is 21.9 Å². The summed E-state index contributed by atoms with van der Waals surface area (Å²) in [6.45, 7) is 2.64. The number of ether oxygens (including phenoxy) is 1. The third kappa shape index (κ3) is 3.97. The Hall–Kier alpha value is -3.17. The second-order valence-corrected chi connectivity index (χ2v) is 5.12. The molecule has 0 atom stereocenters. The van der Waals surface area contributed by atoms with Crippen LogP contribution in [-0.2, 0) is 27.9 Å². The van der Waals surface area contributed by atoms with Crippen molar-refractivity contribution in [1.29, 1.82) is 0 Å². The molecule has 2 aromatic rings. The van der Waals surface area contributed by atoms with Gasteiger partial charge in [-0.15, -0.1) is 0 Å². The monoisotopic (exact) mass is 335 g/mol. The van der Waals surface area contributed by atoms with E-state index in [9.17, 15) is 19.2 Å². The number of aryl methyl sites for hydroxylation is 2. The molecule has 0 spiro atoms. The first-order valence-electron chi connectivity index (χ1n) is 7.03. The maximum absolute atomic E-state index is 11.9. The van der Waals surface area contributed by atoms with Crippen molar-refractivity contribution in [3.05, 3.63) is 44.5 Å². The normalized spacial score (nSPS) is 10.5. The molecule has 0 aromatic carbocycles. The van der Waals surface area contributed by atoms with Gasteiger partial charge in [0.2, 0.25) is 0 Å². The van der Waals surface area contributed by atoms with E-state index < -0.39 is 36.3 Å². The number of rotatable bonds is 5. The molecule has 0 radical (unpaired) electrons. The molecule has 2 heterocycles. The number of hydrogen-bond acceptors (Lipinski definition) is 6. The van der Waals surface area contributed by atoms with E-state index >= 15 is 0 Å². The first-order valence-corrected chi connectivity index (χ1v) is 7.03. The summed E-state index contributed by atoms with van der Waals surface area (Å²) >= 11 is 0. The van der Waals surface area contributed by atoms with Crippen LogP contribution in [0.25, 0.3) is 0 Å². The SMILES string of the molecule is Cc1nn(C)c(C)c1NC(=O)COC(=O)Cn1ccc(=O)[nH]c1=O. The third-order valence-corrected chi connectivity index (χ3v) is 3.33. The van der Waals surface area contributed by atoms with Gasteiger partial charge >= 0.3 is 11.7 Å². The lowest BCUT2D eigenvalue weighted by atomic mass is 10.3. The Balaban J connectivity index is 1.90. The van der Waals surface area contributed by atoms with Gasteiger partial charge in [0.15, 0.2) is 6.61 Å². The highest BCUT2D eigenvalue weighted by Crippen LogP contribution is 2.17. The van der Waals surface area contributed by atoms with Gasteiger partial charge in [-0.25, -0.2) is 4.79 Å². The standard InChI is InChI=1S/C14H17N5O5/c1-8-13(9(2)18(3)17-8)15-11(21)7-24-12(22)6-19-5-4-10(20)16-14(19)23/h4-5H,6-7H2,1-3H3,(H,15,21)(H,16,20,23). The average Bonchev–Trinajstić information content (AvgIpc) is 2.74. The minimum atomic E-state index is -0.779. The number of nitrogens with one attached hydrogen (secondary N) is 2. The first-order chi connectivity index (χ1) is 11.3. The van der Waals surface area contributed by atoms with E-state index in [2.05, 4.69) is 10.4 Å². The van der Waals surface area contributed by atoms with E-state index in [1.54, 1.807) is 25.6 Å². The highest BCUT2D eigenvalue weighted by Gasteiger charge is 2.14. The minimum absolute atomic E-state index is 0.409. The molecule has 1 amide bonds. The van der Waals surface area contributed by atoms with Gasteiger partial charge in [0, 0.05) is 19.3 Å². The van der Waals surface area contributed by atoms with Gasteiger partial charge in [-0.05, 0) is 13.8 Å². The predicted molar refractivity (Wildman–Crippen MR) is 83.6 cm³/mol. The zero-order valence-electron chi connectivity index (χ0n) is 13.5. The molecule has 0 bridgehead atoms. The van der Waals surface area contributed by atoms with Gasteiger partial charge in [-0.3, -0.25) is 28.6 Å². The Morgan fingerprint density at radius 2 is 2.04 bits per heavy atom. The molecule has 0 fully saturated rings. The van der Waals surface area contributed by atoms with Crippen LogP contribution in [0.1, 0.15) is 11.4 Å². The predicted octanol–water partition coefficient (Wildman–Crippen LogP) is -0.931. The molecular weight excluding hydrogens is 318 g/mol. The lowest BCUT2D eigenvalue weighted by Gasteiger charge is -2.08. The number of carbonyl (C=O) groups is 2. The zero-order valence-corrected chi connectivity index (χ0v) is 13.5. The van der Waals surface area contributed by atoms with Crippen molar-refractivity contribution in [2.75, 3.05) is 11.9 Å². The van der Waals surface area contributed by atoms with Crippen molar-refractivity contribution < 1.29 is 14.3 Å². The Labute approximate surface area is 136 Å². The fourth-order valence-electron chi connectivity index (χ4n) is 2.03. The fraction of sp³-hybridized carbons (Fsp3) is 0.357. The van der Waals surface area contributed by atoms with Gasteiger partial charge in [-0.2, -0.15) is 5.10 Å². The summed E-state index contributed by atoms with van der Waals surface area (Å²) < 4.78 is 7.42. The Morgan fingerprint density at radius 1 is 1.33 bits per heavy atom. The van der Waals surface area contributed by atoms with E-state index in [1.165, 1.54) is 6.20 Å². The summed E-state index contributed by atoms with van der Waals surface area (Å²) in [5, 5.41) is 6.78. The average molecular weight is 335 g/mol. The van der Waals surface area contributed by atoms with Gasteiger partial charge in [0.1, 0.15) is 6.54 Å². The summed E-state index contributed by atoms with van der Waals surface area (Å²) in [6, 6.07) is 1.11. The number of H-pyrrole nitrogens is 1. The van der Waals surface area contributed by atoms with Crippen LogP contribution in [-0.4, -0.2) is 37.8 Å². The quantitative estimate of drug-likeness (QED) is 0.679. The number of esters is 1.